The average Bonchev–Trinajstić information content (AvgIpc) is 2.88. The van der Waals surface area contributed by atoms with Crippen LogP contribution in [0.4, 0.5) is 0 Å². The number of hydrogen-bond acceptors (Lipinski definition) is 3. The van der Waals surface area contributed by atoms with Gasteiger partial charge in [-0.1, -0.05) is 25.8 Å². The molecule has 0 aromatic carbocycles. The van der Waals surface area contributed by atoms with E-state index in [1.165, 1.54) is 0 Å². The number of carbonyl (C=O) groups excluding carboxylic acids is 1. The van der Waals surface area contributed by atoms with Crippen LogP contribution in [0.2, 0.25) is 0 Å². The molecule has 0 N–H and O–H groups in total. The normalized spacial score (nSPS) is 21.4. The molecule has 0 aliphatic carbocycles. The molecule has 1 aliphatic rings. The van der Waals surface area contributed by atoms with Crippen molar-refractivity contribution in [3.05, 3.63) is 11.6 Å². The fourth-order valence-corrected chi connectivity index (χ4v) is 0.926. The number of ether oxygens (including phenoxy) is 2. The summed E-state index contributed by atoms with van der Waals surface area (Å²) in [5.41, 5.74) is 0.684. The highest BCUT2D eigenvalue weighted by Gasteiger charge is 2.27. The third-order valence-corrected chi connectivity index (χ3v) is 1.87. The molecule has 0 aromatic heterocycles. The molecular weight excluding hydrogens is 168 g/mol. The zero-order valence-electron chi connectivity index (χ0n) is 8.21. The van der Waals surface area contributed by atoms with Crippen molar-refractivity contribution in [1.82, 2.24) is 0 Å². The number of unbranched alkanes of at least 4 members (excludes halogenated alkanes) is 2. The van der Waals surface area contributed by atoms with E-state index >= 15 is 0 Å². The third-order valence-electron chi connectivity index (χ3n) is 1.87. The molecule has 13 heavy (non-hydrogen) atoms. The van der Waals surface area contributed by atoms with E-state index in [0.29, 0.717) is 12.2 Å². The summed E-state index contributed by atoms with van der Waals surface area (Å²) >= 11 is 0. The largest absolute Gasteiger partial charge is 0.430 e. The summed E-state index contributed by atoms with van der Waals surface area (Å²) in [4.78, 5) is 11.2. The predicted molar refractivity (Wildman–Crippen MR) is 49.1 cm³/mol. The molecule has 1 fully saturated rings. The van der Waals surface area contributed by atoms with Crippen molar-refractivity contribution in [1.29, 1.82) is 0 Å². The van der Waals surface area contributed by atoms with Crippen LogP contribution in [0.1, 0.15) is 33.1 Å². The second kappa shape index (κ2) is 5.02. The van der Waals surface area contributed by atoms with E-state index < -0.39 is 0 Å². The maximum atomic E-state index is 11.2. The van der Waals surface area contributed by atoms with Gasteiger partial charge in [-0.2, -0.15) is 0 Å². The summed E-state index contributed by atoms with van der Waals surface area (Å²) in [6.07, 6.45) is 4.86. The first kappa shape index (κ1) is 10.3. The van der Waals surface area contributed by atoms with Gasteiger partial charge in [0.25, 0.3) is 0 Å². The predicted octanol–water partition coefficient (Wildman–Crippen LogP) is 2.02. The van der Waals surface area contributed by atoms with Gasteiger partial charge in [0.1, 0.15) is 6.61 Å². The highest BCUT2D eigenvalue weighted by atomic mass is 16.8. The van der Waals surface area contributed by atoms with Crippen molar-refractivity contribution < 1.29 is 14.3 Å². The first-order chi connectivity index (χ1) is 6.24. The maximum absolute atomic E-state index is 11.2. The number of epoxide rings is 1. The summed E-state index contributed by atoms with van der Waals surface area (Å²) in [6.45, 7) is 4.45. The van der Waals surface area contributed by atoms with Gasteiger partial charge in [0, 0.05) is 5.57 Å². The van der Waals surface area contributed by atoms with Gasteiger partial charge in [0.05, 0.1) is 0 Å². The number of carbonyl (C=O) groups is 1. The van der Waals surface area contributed by atoms with Gasteiger partial charge in [0.15, 0.2) is 0 Å². The molecule has 0 aromatic rings. The summed E-state index contributed by atoms with van der Waals surface area (Å²) in [7, 11) is 0. The number of allylic oxidation sites excluding steroid dienone is 1. The van der Waals surface area contributed by atoms with E-state index in [1.807, 2.05) is 6.08 Å². The Labute approximate surface area is 78.7 Å². The SMILES string of the molecule is CCCCC=C(C)C(=O)OC1CO1. The number of rotatable bonds is 5. The Balaban J connectivity index is 2.22. The molecule has 0 amide bonds. The van der Waals surface area contributed by atoms with Crippen molar-refractivity contribution in [2.75, 3.05) is 6.61 Å². The molecule has 0 saturated carbocycles. The fraction of sp³-hybridized carbons (Fsp3) is 0.700. The van der Waals surface area contributed by atoms with Gasteiger partial charge in [-0.25, -0.2) is 4.79 Å². The Kier molecular flexibility index (Phi) is 3.96. The summed E-state index contributed by atoms with van der Waals surface area (Å²) in [5, 5.41) is 0. The van der Waals surface area contributed by atoms with Crippen molar-refractivity contribution in [3.63, 3.8) is 0 Å². The third kappa shape index (κ3) is 4.08. The molecule has 1 aliphatic heterocycles. The van der Waals surface area contributed by atoms with E-state index in [4.69, 9.17) is 9.47 Å². The molecule has 3 heteroatoms. The van der Waals surface area contributed by atoms with E-state index in [0.717, 1.165) is 19.3 Å². The standard InChI is InChI=1S/C10H16O3/c1-3-4-5-6-8(2)10(11)13-9-7-12-9/h6,9H,3-5,7H2,1-2H3. The lowest BCUT2D eigenvalue weighted by molar-refractivity contribution is -0.143. The zero-order chi connectivity index (χ0) is 9.68. The summed E-state index contributed by atoms with van der Waals surface area (Å²) < 4.78 is 9.71. The molecule has 1 unspecified atom stereocenters. The van der Waals surface area contributed by atoms with Gasteiger partial charge >= 0.3 is 5.97 Å². The smallest absolute Gasteiger partial charge is 0.335 e. The molecule has 74 valence electrons. The Morgan fingerprint density at radius 2 is 2.38 bits per heavy atom. The molecule has 0 radical (unpaired) electrons. The summed E-state index contributed by atoms with van der Waals surface area (Å²) in [6, 6.07) is 0. The molecule has 1 heterocycles. The van der Waals surface area contributed by atoms with Crippen LogP contribution in [0, 0.1) is 0 Å². The molecule has 1 saturated heterocycles. The monoisotopic (exact) mass is 184 g/mol. The molecule has 0 spiro atoms. The van der Waals surface area contributed by atoms with Gasteiger partial charge in [0.2, 0.25) is 6.29 Å². The van der Waals surface area contributed by atoms with Crippen LogP contribution in [-0.4, -0.2) is 18.9 Å². The minimum absolute atomic E-state index is 0.251. The Bertz CT molecular complexity index is 204. The summed E-state index contributed by atoms with van der Waals surface area (Å²) in [5.74, 6) is -0.251. The first-order valence-electron chi connectivity index (χ1n) is 4.73. The number of hydrogen-bond donors (Lipinski definition) is 0. The van der Waals surface area contributed by atoms with Crippen LogP contribution < -0.4 is 0 Å². The van der Waals surface area contributed by atoms with Gasteiger partial charge < -0.3 is 9.47 Å². The van der Waals surface area contributed by atoms with E-state index in [9.17, 15) is 4.79 Å². The minimum Gasteiger partial charge on any atom is -0.430 e. The van der Waals surface area contributed by atoms with Gasteiger partial charge in [-0.3, -0.25) is 0 Å². The second-order valence-corrected chi connectivity index (χ2v) is 3.20. The van der Waals surface area contributed by atoms with Crippen molar-refractivity contribution in [3.8, 4) is 0 Å². The quantitative estimate of drug-likeness (QED) is 0.284. The van der Waals surface area contributed by atoms with Crippen molar-refractivity contribution >= 4 is 5.97 Å². The maximum Gasteiger partial charge on any atom is 0.335 e. The molecule has 1 rings (SSSR count). The Morgan fingerprint density at radius 3 is 2.92 bits per heavy atom. The molecular formula is C10H16O3. The molecule has 3 nitrogen and oxygen atoms in total. The van der Waals surface area contributed by atoms with Crippen LogP contribution >= 0.6 is 0 Å². The van der Waals surface area contributed by atoms with Gasteiger partial charge in [-0.15, -0.1) is 0 Å². The highest BCUT2D eigenvalue weighted by molar-refractivity contribution is 5.87. The zero-order valence-corrected chi connectivity index (χ0v) is 8.21. The van der Waals surface area contributed by atoms with Crippen LogP contribution in [0.3, 0.4) is 0 Å². The molecule has 1 atom stereocenters. The van der Waals surface area contributed by atoms with Crippen molar-refractivity contribution in [2.45, 2.75) is 39.4 Å². The lowest BCUT2D eigenvalue weighted by atomic mass is 10.2. The second-order valence-electron chi connectivity index (χ2n) is 3.20. The Hall–Kier alpha value is -0.830. The van der Waals surface area contributed by atoms with E-state index in [1.54, 1.807) is 6.92 Å². The lowest BCUT2D eigenvalue weighted by Gasteiger charge is -2.00. The van der Waals surface area contributed by atoms with Crippen LogP contribution in [0.25, 0.3) is 0 Å². The van der Waals surface area contributed by atoms with Crippen molar-refractivity contribution in [2.24, 2.45) is 0 Å². The van der Waals surface area contributed by atoms with Crippen LogP contribution in [0.5, 0.6) is 0 Å². The first-order valence-corrected chi connectivity index (χ1v) is 4.73. The molecule has 0 bridgehead atoms. The Morgan fingerprint density at radius 1 is 1.69 bits per heavy atom. The van der Waals surface area contributed by atoms with E-state index in [2.05, 4.69) is 6.92 Å². The van der Waals surface area contributed by atoms with E-state index in [-0.39, 0.29) is 12.3 Å². The van der Waals surface area contributed by atoms with Crippen LogP contribution in [-0.2, 0) is 14.3 Å². The highest BCUT2D eigenvalue weighted by Crippen LogP contribution is 2.13. The fourth-order valence-electron chi connectivity index (χ4n) is 0.926. The average molecular weight is 184 g/mol. The lowest BCUT2D eigenvalue weighted by Crippen LogP contribution is -2.07. The minimum atomic E-state index is -0.276. The topological polar surface area (TPSA) is 38.8 Å². The van der Waals surface area contributed by atoms with Crippen LogP contribution in [0.15, 0.2) is 11.6 Å². The van der Waals surface area contributed by atoms with Gasteiger partial charge in [-0.05, 0) is 13.3 Å². The number of esters is 1.